The molecule has 0 bridgehead atoms. The van der Waals surface area contributed by atoms with E-state index in [4.69, 9.17) is 0 Å². The Morgan fingerprint density at radius 1 is 1.26 bits per heavy atom. The fourth-order valence-electron chi connectivity index (χ4n) is 2.76. The van der Waals surface area contributed by atoms with Crippen LogP contribution < -0.4 is 5.56 Å². The zero-order valence-electron chi connectivity index (χ0n) is 13.0. The highest BCUT2D eigenvalue weighted by Crippen LogP contribution is 2.24. The van der Waals surface area contributed by atoms with Crippen LogP contribution in [0, 0.1) is 5.82 Å². The molecule has 1 aliphatic rings. The van der Waals surface area contributed by atoms with Gasteiger partial charge in [0.1, 0.15) is 11.4 Å². The van der Waals surface area contributed by atoms with Crippen LogP contribution in [0.2, 0.25) is 0 Å². The number of benzene rings is 1. The lowest BCUT2D eigenvalue weighted by Crippen LogP contribution is -2.43. The Kier molecular flexibility index (Phi) is 4.28. The quantitative estimate of drug-likeness (QED) is 0.871. The minimum absolute atomic E-state index is 0.111. The number of nitrogens with zero attached hydrogens (tertiary/aromatic N) is 2. The topological polar surface area (TPSA) is 42.3 Å². The molecule has 120 valence electrons. The Morgan fingerprint density at radius 2 is 2.00 bits per heavy atom. The van der Waals surface area contributed by atoms with Crippen molar-refractivity contribution >= 4 is 5.91 Å². The lowest BCUT2D eigenvalue weighted by Gasteiger charge is -2.34. The largest absolute Gasteiger partial charge is 0.339 e. The van der Waals surface area contributed by atoms with Gasteiger partial charge in [-0.1, -0.05) is 18.2 Å². The van der Waals surface area contributed by atoms with E-state index in [1.807, 2.05) is 0 Å². The molecular weight excluding hydrogens is 295 g/mol. The van der Waals surface area contributed by atoms with Gasteiger partial charge in [-0.25, -0.2) is 4.39 Å². The second-order valence-electron chi connectivity index (χ2n) is 5.95. The third-order valence-electron chi connectivity index (χ3n) is 4.49. The lowest BCUT2D eigenvalue weighted by atomic mass is 9.91. The molecule has 5 heteroatoms. The second-order valence-corrected chi connectivity index (χ2v) is 5.95. The molecule has 0 saturated heterocycles. The van der Waals surface area contributed by atoms with Gasteiger partial charge >= 0.3 is 0 Å². The number of carbonyl (C=O) groups excluding carboxylic acids is 1. The van der Waals surface area contributed by atoms with Gasteiger partial charge in [-0.05, 0) is 37.5 Å². The number of hydrogen-bond donors (Lipinski definition) is 0. The Balaban J connectivity index is 1.88. The number of halogens is 1. The van der Waals surface area contributed by atoms with Crippen LogP contribution in [0.3, 0.4) is 0 Å². The molecule has 0 radical (unpaired) electrons. The van der Waals surface area contributed by atoms with Gasteiger partial charge in [-0.2, -0.15) is 0 Å². The van der Waals surface area contributed by atoms with Crippen molar-refractivity contribution in [2.24, 2.45) is 0 Å². The van der Waals surface area contributed by atoms with Crippen molar-refractivity contribution in [1.29, 1.82) is 0 Å². The number of aromatic nitrogens is 1. The molecule has 1 heterocycles. The zero-order valence-corrected chi connectivity index (χ0v) is 13.0. The molecule has 0 N–H and O–H groups in total. The van der Waals surface area contributed by atoms with Crippen LogP contribution in [0.5, 0.6) is 0 Å². The summed E-state index contributed by atoms with van der Waals surface area (Å²) >= 11 is 0. The molecule has 0 atom stereocenters. The summed E-state index contributed by atoms with van der Waals surface area (Å²) in [6.07, 6.45) is 4.67. The summed E-state index contributed by atoms with van der Waals surface area (Å²) < 4.78 is 15.1. The van der Waals surface area contributed by atoms with Crippen molar-refractivity contribution in [2.75, 3.05) is 7.05 Å². The second kappa shape index (κ2) is 6.36. The lowest BCUT2D eigenvalue weighted by molar-refractivity contribution is 0.0649. The van der Waals surface area contributed by atoms with E-state index in [-0.39, 0.29) is 35.4 Å². The summed E-state index contributed by atoms with van der Waals surface area (Å²) in [4.78, 5) is 26.7. The van der Waals surface area contributed by atoms with E-state index in [1.165, 1.54) is 16.7 Å². The van der Waals surface area contributed by atoms with Crippen molar-refractivity contribution in [3.63, 3.8) is 0 Å². The Hall–Kier alpha value is -2.43. The summed E-state index contributed by atoms with van der Waals surface area (Å²) in [6, 6.07) is 9.75. The van der Waals surface area contributed by atoms with Crippen molar-refractivity contribution in [3.8, 4) is 0 Å². The minimum Gasteiger partial charge on any atom is -0.339 e. The Morgan fingerprint density at radius 3 is 2.65 bits per heavy atom. The summed E-state index contributed by atoms with van der Waals surface area (Å²) in [5, 5.41) is 0. The molecule has 4 nitrogen and oxygen atoms in total. The van der Waals surface area contributed by atoms with Crippen LogP contribution in [0.4, 0.5) is 4.39 Å². The van der Waals surface area contributed by atoms with E-state index < -0.39 is 0 Å². The molecule has 1 aromatic carbocycles. The first-order chi connectivity index (χ1) is 11.1. The van der Waals surface area contributed by atoms with Gasteiger partial charge in [0.05, 0.1) is 6.54 Å². The number of amides is 1. The van der Waals surface area contributed by atoms with Crippen LogP contribution in [0.15, 0.2) is 47.4 Å². The number of carbonyl (C=O) groups is 1. The minimum atomic E-state index is -0.382. The summed E-state index contributed by atoms with van der Waals surface area (Å²) in [6.45, 7) is 0.111. The highest BCUT2D eigenvalue weighted by Gasteiger charge is 2.27. The molecule has 3 rings (SSSR count). The smallest absolute Gasteiger partial charge is 0.263 e. The van der Waals surface area contributed by atoms with Crippen LogP contribution in [0.25, 0.3) is 0 Å². The monoisotopic (exact) mass is 314 g/mol. The van der Waals surface area contributed by atoms with E-state index in [9.17, 15) is 14.0 Å². The zero-order chi connectivity index (χ0) is 16.4. The highest BCUT2D eigenvalue weighted by molar-refractivity contribution is 5.93. The van der Waals surface area contributed by atoms with Crippen LogP contribution >= 0.6 is 0 Å². The Bertz CT molecular complexity index is 781. The maximum Gasteiger partial charge on any atom is 0.263 e. The fraction of sp³-hybridized carbons (Fsp3) is 0.333. The van der Waals surface area contributed by atoms with E-state index in [0.717, 1.165) is 19.3 Å². The van der Waals surface area contributed by atoms with Gasteiger partial charge in [0, 0.05) is 24.8 Å². The van der Waals surface area contributed by atoms with Crippen molar-refractivity contribution < 1.29 is 9.18 Å². The predicted molar refractivity (Wildman–Crippen MR) is 85.9 cm³/mol. The average Bonchev–Trinajstić information content (AvgIpc) is 2.49. The first-order valence-electron chi connectivity index (χ1n) is 7.78. The van der Waals surface area contributed by atoms with Crippen molar-refractivity contribution in [2.45, 2.75) is 31.8 Å². The molecule has 23 heavy (non-hydrogen) atoms. The standard InChI is InChI=1S/C18H19FN2O2/c1-20(14-7-4-8-14)17(22)15-9-5-11-21(18(15)23)12-13-6-2-3-10-16(13)19/h2-3,5-6,9-11,14H,4,7-8,12H2,1H3. The van der Waals surface area contributed by atoms with Gasteiger partial charge in [0.2, 0.25) is 0 Å². The molecule has 1 saturated carbocycles. The SMILES string of the molecule is CN(C(=O)c1cccn(Cc2ccccc2F)c1=O)C1CCC1. The average molecular weight is 314 g/mol. The summed E-state index contributed by atoms with van der Waals surface area (Å²) in [7, 11) is 1.74. The first-order valence-corrected chi connectivity index (χ1v) is 7.78. The van der Waals surface area contributed by atoms with Gasteiger partial charge in [0.25, 0.3) is 11.5 Å². The summed E-state index contributed by atoms with van der Waals surface area (Å²) in [5.74, 6) is -0.620. The van der Waals surface area contributed by atoms with E-state index in [0.29, 0.717) is 5.56 Å². The van der Waals surface area contributed by atoms with Crippen LogP contribution in [-0.2, 0) is 6.54 Å². The predicted octanol–water partition coefficient (Wildman–Crippen LogP) is 2.66. The molecule has 1 aromatic heterocycles. The fourth-order valence-corrected chi connectivity index (χ4v) is 2.76. The molecule has 2 aromatic rings. The van der Waals surface area contributed by atoms with Crippen molar-refractivity contribution in [1.82, 2.24) is 9.47 Å². The van der Waals surface area contributed by atoms with E-state index in [2.05, 4.69) is 0 Å². The number of pyridine rings is 1. The third kappa shape index (κ3) is 3.04. The molecule has 0 aliphatic heterocycles. The van der Waals surface area contributed by atoms with Gasteiger partial charge in [-0.15, -0.1) is 0 Å². The molecule has 1 amide bonds. The number of rotatable bonds is 4. The van der Waals surface area contributed by atoms with Gasteiger partial charge < -0.3 is 9.47 Å². The molecule has 0 unspecified atom stereocenters. The summed E-state index contributed by atoms with van der Waals surface area (Å²) in [5.41, 5.74) is 0.178. The molecule has 1 fully saturated rings. The molecule has 1 aliphatic carbocycles. The maximum atomic E-state index is 13.8. The molecular formula is C18H19FN2O2. The Labute approximate surface area is 134 Å². The van der Waals surface area contributed by atoms with Crippen LogP contribution in [0.1, 0.15) is 35.2 Å². The molecule has 0 spiro atoms. The van der Waals surface area contributed by atoms with Gasteiger partial charge in [0.15, 0.2) is 0 Å². The normalized spacial score (nSPS) is 14.3. The number of hydrogen-bond acceptors (Lipinski definition) is 2. The van der Waals surface area contributed by atoms with Crippen LogP contribution in [-0.4, -0.2) is 28.5 Å². The van der Waals surface area contributed by atoms with E-state index >= 15 is 0 Å². The third-order valence-corrected chi connectivity index (χ3v) is 4.49. The first kappa shape index (κ1) is 15.5. The highest BCUT2D eigenvalue weighted by atomic mass is 19.1. The van der Waals surface area contributed by atoms with Gasteiger partial charge in [-0.3, -0.25) is 9.59 Å². The van der Waals surface area contributed by atoms with E-state index in [1.54, 1.807) is 42.4 Å². The van der Waals surface area contributed by atoms with Crippen molar-refractivity contribution in [3.05, 3.63) is 69.9 Å². The maximum absolute atomic E-state index is 13.8.